The molecule has 2 N–H and O–H groups in total. The zero-order valence-electron chi connectivity index (χ0n) is 10.3. The number of hydrogen-bond acceptors (Lipinski definition) is 4. The van der Waals surface area contributed by atoms with Gasteiger partial charge in [0, 0.05) is 4.47 Å². The van der Waals surface area contributed by atoms with Crippen molar-refractivity contribution < 1.29 is 0 Å². The summed E-state index contributed by atoms with van der Waals surface area (Å²) in [5.74, 6) is 1.12. The van der Waals surface area contributed by atoms with Crippen LogP contribution in [-0.2, 0) is 6.54 Å². The van der Waals surface area contributed by atoms with Gasteiger partial charge in [-0.25, -0.2) is 14.6 Å². The van der Waals surface area contributed by atoms with Gasteiger partial charge in [-0.1, -0.05) is 34.1 Å². The van der Waals surface area contributed by atoms with Crippen LogP contribution in [0.15, 0.2) is 34.9 Å². The van der Waals surface area contributed by atoms with Crippen molar-refractivity contribution in [2.24, 2.45) is 0 Å². The summed E-state index contributed by atoms with van der Waals surface area (Å²) in [6.07, 6.45) is 1.71. The van der Waals surface area contributed by atoms with Crippen molar-refractivity contribution in [2.45, 2.75) is 13.5 Å². The highest BCUT2D eigenvalue weighted by Gasteiger charge is 2.10. The molecule has 96 valence electrons. The molecule has 5 nitrogen and oxygen atoms in total. The van der Waals surface area contributed by atoms with Crippen LogP contribution in [0, 0.1) is 6.92 Å². The number of anilines is 1. The molecule has 2 heterocycles. The second-order valence-corrected chi connectivity index (χ2v) is 5.14. The van der Waals surface area contributed by atoms with Gasteiger partial charge >= 0.3 is 0 Å². The van der Waals surface area contributed by atoms with Gasteiger partial charge < -0.3 is 5.73 Å². The molecule has 0 bridgehead atoms. The van der Waals surface area contributed by atoms with E-state index in [1.165, 1.54) is 0 Å². The summed E-state index contributed by atoms with van der Waals surface area (Å²) in [6.45, 7) is 2.46. The van der Waals surface area contributed by atoms with Crippen LogP contribution in [0.4, 0.5) is 5.82 Å². The number of fused-ring (bicyclic) bond motifs is 1. The highest BCUT2D eigenvalue weighted by Crippen LogP contribution is 2.21. The number of rotatable bonds is 2. The summed E-state index contributed by atoms with van der Waals surface area (Å²) >= 11 is 3.54. The highest BCUT2D eigenvalue weighted by atomic mass is 79.9. The zero-order valence-corrected chi connectivity index (χ0v) is 11.9. The van der Waals surface area contributed by atoms with E-state index in [2.05, 4.69) is 37.1 Å². The van der Waals surface area contributed by atoms with Crippen LogP contribution in [0.2, 0.25) is 0 Å². The molecule has 0 unspecified atom stereocenters. The fourth-order valence-corrected chi connectivity index (χ4v) is 2.40. The van der Waals surface area contributed by atoms with Crippen molar-refractivity contribution in [3.8, 4) is 0 Å². The van der Waals surface area contributed by atoms with Crippen LogP contribution in [-0.4, -0.2) is 19.7 Å². The Morgan fingerprint density at radius 2 is 2.05 bits per heavy atom. The molecule has 0 amide bonds. The lowest BCUT2D eigenvalue weighted by atomic mass is 10.2. The predicted octanol–water partition coefficient (Wildman–Crippen LogP) is 2.53. The first-order valence-corrected chi connectivity index (χ1v) is 6.63. The summed E-state index contributed by atoms with van der Waals surface area (Å²) in [4.78, 5) is 8.56. The lowest BCUT2D eigenvalue weighted by Crippen LogP contribution is -2.05. The average Bonchev–Trinajstić information content (AvgIpc) is 2.76. The first kappa shape index (κ1) is 12.1. The number of nitrogens with two attached hydrogens (primary N) is 1. The molecule has 0 saturated heterocycles. The van der Waals surface area contributed by atoms with E-state index in [1.807, 2.05) is 29.8 Å². The van der Waals surface area contributed by atoms with Gasteiger partial charge in [0.2, 0.25) is 0 Å². The molecule has 0 aliphatic rings. The number of aromatic nitrogens is 4. The minimum absolute atomic E-state index is 0.473. The summed E-state index contributed by atoms with van der Waals surface area (Å²) in [7, 11) is 0. The number of nitrogens with zero attached hydrogens (tertiary/aromatic N) is 4. The van der Waals surface area contributed by atoms with E-state index in [9.17, 15) is 0 Å². The van der Waals surface area contributed by atoms with Crippen molar-refractivity contribution in [1.29, 1.82) is 0 Å². The van der Waals surface area contributed by atoms with Crippen molar-refractivity contribution in [2.75, 3.05) is 5.73 Å². The predicted molar refractivity (Wildman–Crippen MR) is 77.7 cm³/mol. The van der Waals surface area contributed by atoms with Crippen molar-refractivity contribution in [3.63, 3.8) is 0 Å². The Bertz CT molecular complexity index is 750. The van der Waals surface area contributed by atoms with Gasteiger partial charge in [0.05, 0.1) is 18.1 Å². The van der Waals surface area contributed by atoms with Gasteiger partial charge in [-0.15, -0.1) is 0 Å². The Hall–Kier alpha value is -1.95. The molecule has 3 aromatic rings. The van der Waals surface area contributed by atoms with E-state index in [1.54, 1.807) is 6.20 Å². The normalized spacial score (nSPS) is 11.1. The molecule has 0 atom stereocenters. The van der Waals surface area contributed by atoms with Gasteiger partial charge in [-0.3, -0.25) is 0 Å². The second kappa shape index (κ2) is 4.62. The van der Waals surface area contributed by atoms with Crippen LogP contribution in [0.5, 0.6) is 0 Å². The van der Waals surface area contributed by atoms with Crippen molar-refractivity contribution >= 4 is 32.8 Å². The summed E-state index contributed by atoms with van der Waals surface area (Å²) < 4.78 is 2.89. The molecular weight excluding hydrogens is 306 g/mol. The van der Waals surface area contributed by atoms with Gasteiger partial charge in [-0.05, 0) is 18.6 Å². The van der Waals surface area contributed by atoms with Crippen molar-refractivity contribution in [3.05, 3.63) is 46.3 Å². The molecule has 0 aliphatic heterocycles. The van der Waals surface area contributed by atoms with E-state index < -0.39 is 0 Å². The first-order valence-electron chi connectivity index (χ1n) is 5.84. The number of halogens is 1. The van der Waals surface area contributed by atoms with Crippen LogP contribution < -0.4 is 5.73 Å². The molecule has 1 aromatic carbocycles. The van der Waals surface area contributed by atoms with Gasteiger partial charge in [0.1, 0.15) is 11.6 Å². The number of hydrogen-bond donors (Lipinski definition) is 1. The SMILES string of the molecule is Cc1nc(N)c2cnn(Cc3ccccc3Br)c2n1. The standard InChI is InChI=1S/C13H12BrN5/c1-8-17-12(15)10-6-16-19(13(10)18-8)7-9-4-2-3-5-11(9)14/h2-6H,7H2,1H3,(H2,15,17,18). The summed E-state index contributed by atoms with van der Waals surface area (Å²) in [5.41, 5.74) is 7.79. The smallest absolute Gasteiger partial charge is 0.163 e. The molecule has 3 rings (SSSR count). The number of benzene rings is 1. The van der Waals surface area contributed by atoms with E-state index in [4.69, 9.17) is 5.73 Å². The summed E-state index contributed by atoms with van der Waals surface area (Å²) in [5, 5.41) is 5.14. The lowest BCUT2D eigenvalue weighted by molar-refractivity contribution is 0.700. The lowest BCUT2D eigenvalue weighted by Gasteiger charge is -2.06. The topological polar surface area (TPSA) is 69.6 Å². The maximum Gasteiger partial charge on any atom is 0.163 e. The Morgan fingerprint density at radius 1 is 1.26 bits per heavy atom. The van der Waals surface area contributed by atoms with Crippen LogP contribution in [0.3, 0.4) is 0 Å². The molecule has 0 fully saturated rings. The number of aryl methyl sites for hydroxylation is 1. The monoisotopic (exact) mass is 317 g/mol. The van der Waals surface area contributed by atoms with E-state index >= 15 is 0 Å². The third kappa shape index (κ3) is 2.19. The molecule has 6 heteroatoms. The fourth-order valence-electron chi connectivity index (χ4n) is 1.99. The van der Waals surface area contributed by atoms with Gasteiger partial charge in [-0.2, -0.15) is 5.10 Å². The number of nitrogen functional groups attached to an aromatic ring is 1. The van der Waals surface area contributed by atoms with E-state index in [0.29, 0.717) is 18.2 Å². The Kier molecular flexibility index (Phi) is 2.94. The Labute approximate surface area is 118 Å². The van der Waals surface area contributed by atoms with Crippen LogP contribution >= 0.6 is 15.9 Å². The molecule has 19 heavy (non-hydrogen) atoms. The molecule has 0 aliphatic carbocycles. The molecular formula is C13H12BrN5. The maximum atomic E-state index is 5.88. The third-order valence-corrected chi connectivity index (χ3v) is 3.69. The average molecular weight is 318 g/mol. The second-order valence-electron chi connectivity index (χ2n) is 4.29. The molecule has 0 radical (unpaired) electrons. The molecule has 2 aromatic heterocycles. The fraction of sp³-hybridized carbons (Fsp3) is 0.154. The quantitative estimate of drug-likeness (QED) is 0.788. The Morgan fingerprint density at radius 3 is 2.84 bits per heavy atom. The maximum absolute atomic E-state index is 5.88. The highest BCUT2D eigenvalue weighted by molar-refractivity contribution is 9.10. The van der Waals surface area contributed by atoms with Crippen LogP contribution in [0.25, 0.3) is 11.0 Å². The van der Waals surface area contributed by atoms with E-state index in [0.717, 1.165) is 21.1 Å². The minimum atomic E-state index is 0.473. The zero-order chi connectivity index (χ0) is 13.4. The van der Waals surface area contributed by atoms with E-state index in [-0.39, 0.29) is 0 Å². The third-order valence-electron chi connectivity index (χ3n) is 2.92. The first-order chi connectivity index (χ1) is 9.15. The van der Waals surface area contributed by atoms with Gasteiger partial charge in [0.15, 0.2) is 5.65 Å². The van der Waals surface area contributed by atoms with Gasteiger partial charge in [0.25, 0.3) is 0 Å². The minimum Gasteiger partial charge on any atom is -0.383 e. The summed E-state index contributed by atoms with van der Waals surface area (Å²) in [6, 6.07) is 8.05. The van der Waals surface area contributed by atoms with Crippen LogP contribution in [0.1, 0.15) is 11.4 Å². The molecule has 0 spiro atoms. The largest absolute Gasteiger partial charge is 0.383 e. The van der Waals surface area contributed by atoms with Crippen molar-refractivity contribution in [1.82, 2.24) is 19.7 Å². The molecule has 0 saturated carbocycles. The Balaban J connectivity index is 2.09.